The van der Waals surface area contributed by atoms with Gasteiger partial charge in [-0.05, 0) is 45.9 Å². The van der Waals surface area contributed by atoms with Crippen LogP contribution in [0.5, 0.6) is 0 Å². The van der Waals surface area contributed by atoms with Gasteiger partial charge in [-0.15, -0.1) is 0 Å². The lowest BCUT2D eigenvalue weighted by molar-refractivity contribution is -0.131. The second kappa shape index (κ2) is 8.48. The van der Waals surface area contributed by atoms with Gasteiger partial charge in [-0.1, -0.05) is 46.3 Å². The highest BCUT2D eigenvalue weighted by Crippen LogP contribution is 2.24. The first-order valence-electron chi connectivity index (χ1n) is 8.47. The zero-order valence-corrected chi connectivity index (χ0v) is 17.3. The molecule has 0 heterocycles. The smallest absolute Gasteiger partial charge is 0.339 e. The van der Waals surface area contributed by atoms with Crippen LogP contribution in [0.3, 0.4) is 0 Å². The number of esters is 1. The van der Waals surface area contributed by atoms with Crippen LogP contribution in [0.1, 0.15) is 60.1 Å². The molecule has 0 aliphatic carbocycles. The summed E-state index contributed by atoms with van der Waals surface area (Å²) in [5.41, 5.74) is 0.437. The van der Waals surface area contributed by atoms with Crippen molar-refractivity contribution < 1.29 is 19.1 Å². The molecule has 6 heteroatoms. The average Bonchev–Trinajstić information content (AvgIpc) is 2.58. The number of rotatable bonds is 5. The van der Waals surface area contributed by atoms with Gasteiger partial charge in [0, 0.05) is 21.1 Å². The Balaban J connectivity index is 2.37. The quantitative estimate of drug-likeness (QED) is 0.559. The molecule has 0 aliphatic heterocycles. The van der Waals surface area contributed by atoms with Crippen LogP contribution in [-0.2, 0) is 9.53 Å². The van der Waals surface area contributed by atoms with E-state index in [0.717, 1.165) is 4.47 Å². The summed E-state index contributed by atoms with van der Waals surface area (Å²) in [6, 6.07) is 13.3. The molecule has 0 radical (unpaired) electrons. The Bertz CT molecular complexity index is 853. The number of carbonyl (C=O) groups excluding carboxylic acids is 3. The Labute approximate surface area is 167 Å². The summed E-state index contributed by atoms with van der Waals surface area (Å²) in [5.74, 6) is -1.40. The lowest BCUT2D eigenvalue weighted by atomic mass is 10.0. The predicted octanol–water partition coefficient (Wildman–Crippen LogP) is 4.46. The number of benzene rings is 2. The molecule has 142 valence electrons. The first kappa shape index (κ1) is 20.8. The number of ether oxygens (including phenoxy) is 1. The van der Waals surface area contributed by atoms with E-state index in [-0.39, 0.29) is 16.9 Å². The lowest BCUT2D eigenvalue weighted by Crippen LogP contribution is -2.44. The summed E-state index contributed by atoms with van der Waals surface area (Å²) >= 11 is 3.35. The van der Waals surface area contributed by atoms with E-state index in [2.05, 4.69) is 21.2 Å². The van der Waals surface area contributed by atoms with E-state index in [4.69, 9.17) is 4.74 Å². The molecule has 1 N–H and O–H groups in total. The molecule has 0 saturated heterocycles. The molecule has 2 rings (SSSR count). The maximum Gasteiger partial charge on any atom is 0.339 e. The van der Waals surface area contributed by atoms with Crippen molar-refractivity contribution in [3.63, 3.8) is 0 Å². The lowest BCUT2D eigenvalue weighted by Gasteiger charge is -2.25. The van der Waals surface area contributed by atoms with Gasteiger partial charge in [0.25, 0.3) is 5.91 Å². The number of hydrogen-bond acceptors (Lipinski definition) is 4. The van der Waals surface area contributed by atoms with Crippen LogP contribution in [0.4, 0.5) is 0 Å². The van der Waals surface area contributed by atoms with Crippen LogP contribution in [0.2, 0.25) is 0 Å². The second-order valence-corrected chi connectivity index (χ2v) is 8.09. The molecule has 1 atom stereocenters. The summed E-state index contributed by atoms with van der Waals surface area (Å²) < 4.78 is 6.38. The zero-order chi connectivity index (χ0) is 20.2. The van der Waals surface area contributed by atoms with E-state index in [1.807, 2.05) is 20.8 Å². The van der Waals surface area contributed by atoms with Crippen LogP contribution in [-0.4, -0.2) is 23.2 Å². The third-order valence-corrected chi connectivity index (χ3v) is 4.19. The number of hydrogen-bond donors (Lipinski definition) is 1. The minimum absolute atomic E-state index is 0.135. The fraction of sp³-hybridized carbons (Fsp3) is 0.286. The minimum atomic E-state index is -1.13. The van der Waals surface area contributed by atoms with Crippen molar-refractivity contribution in [3.8, 4) is 0 Å². The number of carbonyl (C=O) groups is 3. The monoisotopic (exact) mass is 431 g/mol. The molecule has 0 bridgehead atoms. The standard InChI is InChI=1S/C21H22BrNO4/c1-13(24)16-7-5-6-8-17(16)20(26)27-18(19(25)23-21(2,3)4)14-9-11-15(22)12-10-14/h5-12,18H,1-4H3,(H,23,25). The van der Waals surface area contributed by atoms with Crippen molar-refractivity contribution >= 4 is 33.6 Å². The number of nitrogens with one attached hydrogen (secondary N) is 1. The van der Waals surface area contributed by atoms with E-state index in [1.54, 1.807) is 42.5 Å². The highest BCUT2D eigenvalue weighted by atomic mass is 79.9. The number of halogens is 1. The van der Waals surface area contributed by atoms with Gasteiger partial charge in [0.1, 0.15) is 0 Å². The van der Waals surface area contributed by atoms with Crippen LogP contribution < -0.4 is 5.32 Å². The summed E-state index contributed by atoms with van der Waals surface area (Å²) in [6.07, 6.45) is -1.13. The molecule has 0 fully saturated rings. The Morgan fingerprint density at radius 2 is 1.52 bits per heavy atom. The molecular formula is C21H22BrNO4. The molecule has 2 aromatic rings. The normalized spacial score (nSPS) is 12.2. The first-order chi connectivity index (χ1) is 12.6. The van der Waals surface area contributed by atoms with Gasteiger partial charge in [0.2, 0.25) is 6.10 Å². The molecule has 1 amide bonds. The first-order valence-corrected chi connectivity index (χ1v) is 9.26. The third kappa shape index (κ3) is 5.76. The fourth-order valence-corrected chi connectivity index (χ4v) is 2.75. The van der Waals surface area contributed by atoms with Crippen molar-refractivity contribution in [2.45, 2.75) is 39.3 Å². The van der Waals surface area contributed by atoms with Gasteiger partial charge >= 0.3 is 5.97 Å². The maximum absolute atomic E-state index is 12.8. The van der Waals surface area contributed by atoms with Gasteiger partial charge in [-0.25, -0.2) is 4.79 Å². The van der Waals surface area contributed by atoms with Gasteiger partial charge in [-0.2, -0.15) is 0 Å². The van der Waals surface area contributed by atoms with Gasteiger partial charge in [0.15, 0.2) is 5.78 Å². The Morgan fingerprint density at radius 1 is 0.963 bits per heavy atom. The number of amides is 1. The van der Waals surface area contributed by atoms with E-state index < -0.39 is 23.5 Å². The van der Waals surface area contributed by atoms with Crippen molar-refractivity contribution in [1.82, 2.24) is 5.32 Å². The highest BCUT2D eigenvalue weighted by Gasteiger charge is 2.29. The number of Topliss-reactive ketones (excluding diaryl/α,β-unsaturated/α-hetero) is 1. The van der Waals surface area contributed by atoms with E-state index in [0.29, 0.717) is 5.56 Å². The SMILES string of the molecule is CC(=O)c1ccccc1C(=O)OC(C(=O)NC(C)(C)C)c1ccc(Br)cc1. The Morgan fingerprint density at radius 3 is 2.04 bits per heavy atom. The average molecular weight is 432 g/mol. The second-order valence-electron chi connectivity index (χ2n) is 7.18. The molecule has 1 unspecified atom stereocenters. The van der Waals surface area contributed by atoms with Crippen LogP contribution in [0.25, 0.3) is 0 Å². The highest BCUT2D eigenvalue weighted by molar-refractivity contribution is 9.10. The maximum atomic E-state index is 12.8. The summed E-state index contributed by atoms with van der Waals surface area (Å²) in [4.78, 5) is 37.3. The summed E-state index contributed by atoms with van der Waals surface area (Å²) in [6.45, 7) is 6.91. The van der Waals surface area contributed by atoms with E-state index in [1.165, 1.54) is 13.0 Å². The molecule has 5 nitrogen and oxygen atoms in total. The largest absolute Gasteiger partial charge is 0.444 e. The van der Waals surface area contributed by atoms with Crippen molar-refractivity contribution in [1.29, 1.82) is 0 Å². The number of ketones is 1. The molecule has 0 aromatic heterocycles. The van der Waals surface area contributed by atoms with Crippen molar-refractivity contribution in [3.05, 3.63) is 69.7 Å². The topological polar surface area (TPSA) is 72.5 Å². The van der Waals surface area contributed by atoms with Crippen molar-refractivity contribution in [2.24, 2.45) is 0 Å². The fourth-order valence-electron chi connectivity index (χ4n) is 2.48. The van der Waals surface area contributed by atoms with Gasteiger partial charge in [0.05, 0.1) is 5.56 Å². The van der Waals surface area contributed by atoms with Crippen LogP contribution >= 0.6 is 15.9 Å². The minimum Gasteiger partial charge on any atom is -0.444 e. The van der Waals surface area contributed by atoms with Gasteiger partial charge < -0.3 is 10.1 Å². The molecule has 0 spiro atoms. The molecule has 0 aliphatic rings. The summed E-state index contributed by atoms with van der Waals surface area (Å²) in [7, 11) is 0. The van der Waals surface area contributed by atoms with Crippen molar-refractivity contribution in [2.75, 3.05) is 0 Å². The predicted molar refractivity (Wildman–Crippen MR) is 107 cm³/mol. The zero-order valence-electron chi connectivity index (χ0n) is 15.7. The molecular weight excluding hydrogens is 410 g/mol. The third-order valence-electron chi connectivity index (χ3n) is 3.66. The molecule has 27 heavy (non-hydrogen) atoms. The summed E-state index contributed by atoms with van der Waals surface area (Å²) in [5, 5.41) is 2.83. The Kier molecular flexibility index (Phi) is 6.54. The molecule has 2 aromatic carbocycles. The van der Waals surface area contributed by atoms with E-state index >= 15 is 0 Å². The van der Waals surface area contributed by atoms with Crippen LogP contribution in [0, 0.1) is 0 Å². The van der Waals surface area contributed by atoms with E-state index in [9.17, 15) is 14.4 Å². The molecule has 0 saturated carbocycles. The Hall–Kier alpha value is -2.47. The van der Waals surface area contributed by atoms with Gasteiger partial charge in [-0.3, -0.25) is 9.59 Å². The van der Waals surface area contributed by atoms with Crippen LogP contribution in [0.15, 0.2) is 53.0 Å².